The van der Waals surface area contributed by atoms with Crippen LogP contribution in [0.15, 0.2) is 138 Å². The third-order valence-corrected chi connectivity index (χ3v) is 6.87. The first-order chi connectivity index (χ1) is 17.3. The fourth-order valence-electron chi connectivity index (χ4n) is 5.12. The Bertz CT molecular complexity index is 1780. The van der Waals surface area contributed by atoms with E-state index in [2.05, 4.69) is 133 Å². The van der Waals surface area contributed by atoms with Crippen LogP contribution in [0.5, 0.6) is 0 Å². The molecule has 0 saturated heterocycles. The Balaban J connectivity index is 1.29. The molecule has 1 nitrogen and oxygen atoms in total. The van der Waals surface area contributed by atoms with Crippen LogP contribution in [-0.4, -0.2) is 0 Å². The molecule has 0 aliphatic rings. The average Bonchev–Trinajstić information content (AvgIpc) is 3.42. The zero-order valence-corrected chi connectivity index (χ0v) is 19.1. The molecular formula is C34H22O. The fraction of sp³-hybridized carbons (Fsp3) is 0. The smallest absolute Gasteiger partial charge is 0.134 e. The van der Waals surface area contributed by atoms with Crippen molar-refractivity contribution in [2.75, 3.05) is 0 Å². The summed E-state index contributed by atoms with van der Waals surface area (Å²) in [5.41, 5.74) is 4.66. The van der Waals surface area contributed by atoms with Gasteiger partial charge in [-0.1, -0.05) is 109 Å². The van der Waals surface area contributed by atoms with Crippen molar-refractivity contribution >= 4 is 32.3 Å². The first-order valence-corrected chi connectivity index (χ1v) is 11.9. The molecule has 35 heavy (non-hydrogen) atoms. The second-order valence-corrected chi connectivity index (χ2v) is 9.00. The molecule has 7 rings (SSSR count). The summed E-state index contributed by atoms with van der Waals surface area (Å²) in [7, 11) is 0. The van der Waals surface area contributed by atoms with Crippen LogP contribution in [0.3, 0.4) is 0 Å². The van der Waals surface area contributed by atoms with Crippen LogP contribution in [0.4, 0.5) is 0 Å². The summed E-state index contributed by atoms with van der Waals surface area (Å²) < 4.78 is 6.29. The molecule has 0 spiro atoms. The first kappa shape index (κ1) is 19.8. The second-order valence-electron chi connectivity index (χ2n) is 9.00. The number of rotatable bonds is 3. The van der Waals surface area contributed by atoms with E-state index < -0.39 is 0 Å². The maximum absolute atomic E-state index is 6.29. The molecule has 0 radical (unpaired) electrons. The number of benzene rings is 6. The molecule has 0 aliphatic carbocycles. The summed E-state index contributed by atoms with van der Waals surface area (Å²) in [6.45, 7) is 0. The third-order valence-electron chi connectivity index (χ3n) is 6.87. The van der Waals surface area contributed by atoms with Crippen LogP contribution < -0.4 is 0 Å². The minimum Gasteiger partial charge on any atom is -0.456 e. The highest BCUT2D eigenvalue weighted by molar-refractivity contribution is 6.12. The largest absolute Gasteiger partial charge is 0.456 e. The Morgan fingerprint density at radius 3 is 1.54 bits per heavy atom. The van der Waals surface area contributed by atoms with E-state index in [0.29, 0.717) is 0 Å². The van der Waals surface area contributed by atoms with E-state index in [1.54, 1.807) is 0 Å². The van der Waals surface area contributed by atoms with Crippen molar-refractivity contribution in [1.82, 2.24) is 0 Å². The molecule has 0 atom stereocenters. The highest BCUT2D eigenvalue weighted by atomic mass is 16.3. The van der Waals surface area contributed by atoms with Crippen LogP contribution in [0, 0.1) is 0 Å². The summed E-state index contributed by atoms with van der Waals surface area (Å²) in [5, 5.41) is 7.52. The van der Waals surface area contributed by atoms with Gasteiger partial charge in [0.15, 0.2) is 0 Å². The predicted molar refractivity (Wildman–Crippen MR) is 148 cm³/mol. The maximum atomic E-state index is 6.29. The minimum atomic E-state index is 0.877. The topological polar surface area (TPSA) is 13.1 Å². The van der Waals surface area contributed by atoms with Crippen LogP contribution in [0.1, 0.15) is 0 Å². The van der Waals surface area contributed by atoms with Crippen molar-refractivity contribution < 1.29 is 4.42 Å². The van der Waals surface area contributed by atoms with E-state index in [1.165, 1.54) is 43.4 Å². The molecule has 0 N–H and O–H groups in total. The predicted octanol–water partition coefficient (Wildman–Crippen LogP) is 9.74. The summed E-state index contributed by atoms with van der Waals surface area (Å²) in [4.78, 5) is 0. The first-order valence-electron chi connectivity index (χ1n) is 11.9. The Morgan fingerprint density at radius 2 is 0.857 bits per heavy atom. The number of hydrogen-bond acceptors (Lipinski definition) is 1. The maximum Gasteiger partial charge on any atom is 0.134 e. The van der Waals surface area contributed by atoms with Gasteiger partial charge in [-0.15, -0.1) is 0 Å². The highest BCUT2D eigenvalue weighted by Crippen LogP contribution is 2.37. The molecule has 6 aromatic carbocycles. The van der Waals surface area contributed by atoms with Gasteiger partial charge in [0.05, 0.1) is 0 Å². The fourth-order valence-corrected chi connectivity index (χ4v) is 5.12. The number of furan rings is 1. The van der Waals surface area contributed by atoms with Crippen molar-refractivity contribution in [2.24, 2.45) is 0 Å². The summed E-state index contributed by atoms with van der Waals surface area (Å²) in [5.74, 6) is 1.76. The van der Waals surface area contributed by atoms with Gasteiger partial charge in [-0.3, -0.25) is 0 Å². The lowest BCUT2D eigenvalue weighted by Crippen LogP contribution is -1.86. The monoisotopic (exact) mass is 446 g/mol. The lowest BCUT2D eigenvalue weighted by atomic mass is 9.91. The van der Waals surface area contributed by atoms with E-state index in [0.717, 1.165) is 22.6 Å². The average molecular weight is 447 g/mol. The SMILES string of the molecule is c1ccc2cc(-c3ccc(-c4ccc(-c5c6ccccc6cc6ccccc56)cc4)o3)ccc2c1. The van der Waals surface area contributed by atoms with Crippen LogP contribution >= 0.6 is 0 Å². The zero-order chi connectivity index (χ0) is 23.2. The van der Waals surface area contributed by atoms with Gasteiger partial charge in [0.1, 0.15) is 11.5 Å². The quantitative estimate of drug-likeness (QED) is 0.246. The molecule has 0 aliphatic heterocycles. The van der Waals surface area contributed by atoms with Crippen molar-refractivity contribution in [3.05, 3.63) is 133 Å². The minimum absolute atomic E-state index is 0.877. The van der Waals surface area contributed by atoms with E-state index in [9.17, 15) is 0 Å². The molecule has 1 heteroatoms. The zero-order valence-electron chi connectivity index (χ0n) is 19.1. The van der Waals surface area contributed by atoms with Gasteiger partial charge in [0.2, 0.25) is 0 Å². The van der Waals surface area contributed by atoms with Crippen molar-refractivity contribution in [3.8, 4) is 33.8 Å². The van der Waals surface area contributed by atoms with Crippen molar-refractivity contribution in [1.29, 1.82) is 0 Å². The molecule has 0 amide bonds. The van der Waals surface area contributed by atoms with E-state index >= 15 is 0 Å². The number of hydrogen-bond donors (Lipinski definition) is 0. The molecule has 0 fully saturated rings. The van der Waals surface area contributed by atoms with E-state index in [4.69, 9.17) is 4.42 Å². The number of fused-ring (bicyclic) bond motifs is 3. The molecule has 0 bridgehead atoms. The van der Waals surface area contributed by atoms with Crippen molar-refractivity contribution in [2.45, 2.75) is 0 Å². The molecule has 0 saturated carbocycles. The van der Waals surface area contributed by atoms with Gasteiger partial charge in [-0.05, 0) is 67.7 Å². The van der Waals surface area contributed by atoms with Crippen LogP contribution in [0.2, 0.25) is 0 Å². The van der Waals surface area contributed by atoms with E-state index in [1.807, 2.05) is 0 Å². The summed E-state index contributed by atoms with van der Waals surface area (Å²) >= 11 is 0. The van der Waals surface area contributed by atoms with Gasteiger partial charge in [-0.25, -0.2) is 0 Å². The molecule has 1 heterocycles. The van der Waals surface area contributed by atoms with Gasteiger partial charge in [-0.2, -0.15) is 0 Å². The Kier molecular flexibility index (Phi) is 4.53. The lowest BCUT2D eigenvalue weighted by Gasteiger charge is -2.12. The Labute approximate surface area is 203 Å². The van der Waals surface area contributed by atoms with Crippen LogP contribution in [0.25, 0.3) is 66.1 Å². The Hall–Kier alpha value is -4.62. The Morgan fingerprint density at radius 1 is 0.343 bits per heavy atom. The molecule has 1 aromatic heterocycles. The van der Waals surface area contributed by atoms with E-state index in [-0.39, 0.29) is 0 Å². The van der Waals surface area contributed by atoms with Gasteiger partial charge in [0, 0.05) is 11.1 Å². The molecule has 164 valence electrons. The lowest BCUT2D eigenvalue weighted by molar-refractivity contribution is 0.597. The molecule has 7 aromatic rings. The molecular weight excluding hydrogens is 424 g/mol. The third kappa shape index (κ3) is 3.41. The van der Waals surface area contributed by atoms with Crippen molar-refractivity contribution in [3.63, 3.8) is 0 Å². The molecule has 0 unspecified atom stereocenters. The second kappa shape index (κ2) is 8.00. The highest BCUT2D eigenvalue weighted by Gasteiger charge is 2.12. The van der Waals surface area contributed by atoms with Crippen LogP contribution in [-0.2, 0) is 0 Å². The summed E-state index contributed by atoms with van der Waals surface area (Å²) in [6.07, 6.45) is 0. The standard InChI is InChI=1S/C34H22O/c1-2-8-26-21-29(18-13-23(26)7-1)33-20-19-32(35-33)24-14-16-25(17-15-24)34-30-11-5-3-9-27(30)22-28-10-4-6-12-31(28)34/h1-22H. The van der Waals surface area contributed by atoms with Gasteiger partial charge < -0.3 is 4.42 Å². The van der Waals surface area contributed by atoms with Gasteiger partial charge >= 0.3 is 0 Å². The normalized spacial score (nSPS) is 11.4. The van der Waals surface area contributed by atoms with Gasteiger partial charge in [0.25, 0.3) is 0 Å². The summed E-state index contributed by atoms with van der Waals surface area (Å²) in [6, 6.07) is 47.3.